The van der Waals surface area contributed by atoms with Crippen molar-refractivity contribution in [2.45, 2.75) is 31.7 Å². The average molecular weight is 365 g/mol. The largest absolute Gasteiger partial charge is 0.381 e. The van der Waals surface area contributed by atoms with Gasteiger partial charge < -0.3 is 9.64 Å². The van der Waals surface area contributed by atoms with E-state index in [2.05, 4.69) is 4.90 Å². The van der Waals surface area contributed by atoms with E-state index in [-0.39, 0.29) is 24.5 Å². The molecular formula is C19H25ClN2O3. The number of ether oxygens (including phenoxy) is 1. The van der Waals surface area contributed by atoms with Gasteiger partial charge in [-0.3, -0.25) is 14.5 Å². The molecule has 0 atom stereocenters. The van der Waals surface area contributed by atoms with Crippen LogP contribution in [0.15, 0.2) is 24.3 Å². The Morgan fingerprint density at radius 2 is 1.64 bits per heavy atom. The summed E-state index contributed by atoms with van der Waals surface area (Å²) >= 11 is 5.83. The fourth-order valence-electron chi connectivity index (χ4n) is 3.55. The molecule has 0 unspecified atom stereocenters. The van der Waals surface area contributed by atoms with Crippen molar-refractivity contribution in [1.82, 2.24) is 9.80 Å². The molecular weight excluding hydrogens is 340 g/mol. The predicted molar refractivity (Wildman–Crippen MR) is 97.0 cm³/mol. The third-order valence-electron chi connectivity index (χ3n) is 5.11. The Hall–Kier alpha value is -1.43. The highest BCUT2D eigenvalue weighted by molar-refractivity contribution is 6.30. The Bertz CT molecular complexity index is 591. The quantitative estimate of drug-likeness (QED) is 0.754. The number of hydrogen-bond acceptors (Lipinski definition) is 4. The standard InChI is InChI=1S/C19H25ClN2O3/c20-16-3-1-15(2-4-16)18(23)5-6-19(24)22-11-9-21(10-12-22)17-7-13-25-14-8-17/h1-4,17H,5-14H2. The molecule has 0 radical (unpaired) electrons. The summed E-state index contributed by atoms with van der Waals surface area (Å²) in [6.45, 7) is 5.03. The fourth-order valence-corrected chi connectivity index (χ4v) is 3.67. The molecule has 5 nitrogen and oxygen atoms in total. The summed E-state index contributed by atoms with van der Waals surface area (Å²) in [6, 6.07) is 7.42. The third kappa shape index (κ3) is 5.03. The molecule has 6 heteroatoms. The highest BCUT2D eigenvalue weighted by atomic mass is 35.5. The zero-order chi connectivity index (χ0) is 17.6. The number of piperazine rings is 1. The van der Waals surface area contributed by atoms with Gasteiger partial charge in [-0.25, -0.2) is 0 Å². The number of Topliss-reactive ketones (excluding diaryl/α,β-unsaturated/α-hetero) is 1. The molecule has 2 fully saturated rings. The molecule has 0 aromatic heterocycles. The molecule has 0 N–H and O–H groups in total. The van der Waals surface area contributed by atoms with Crippen LogP contribution in [-0.4, -0.2) is 66.9 Å². The molecule has 2 heterocycles. The lowest BCUT2D eigenvalue weighted by Gasteiger charge is -2.40. The lowest BCUT2D eigenvalue weighted by molar-refractivity contribution is -0.133. The van der Waals surface area contributed by atoms with E-state index in [0.29, 0.717) is 16.6 Å². The Morgan fingerprint density at radius 1 is 1.00 bits per heavy atom. The molecule has 136 valence electrons. The van der Waals surface area contributed by atoms with Crippen LogP contribution in [0.1, 0.15) is 36.0 Å². The molecule has 2 aliphatic heterocycles. The summed E-state index contributed by atoms with van der Waals surface area (Å²) < 4.78 is 5.42. The van der Waals surface area contributed by atoms with Gasteiger partial charge in [-0.2, -0.15) is 0 Å². The Morgan fingerprint density at radius 3 is 2.28 bits per heavy atom. The minimum Gasteiger partial charge on any atom is -0.381 e. The number of ketones is 1. The summed E-state index contributed by atoms with van der Waals surface area (Å²) in [5.41, 5.74) is 0.613. The number of rotatable bonds is 5. The van der Waals surface area contributed by atoms with Gasteiger partial charge in [0.2, 0.25) is 5.91 Å². The molecule has 2 saturated heterocycles. The monoisotopic (exact) mass is 364 g/mol. The number of amides is 1. The molecule has 2 aliphatic rings. The van der Waals surface area contributed by atoms with Crippen LogP contribution in [0.25, 0.3) is 0 Å². The first-order valence-corrected chi connectivity index (χ1v) is 9.39. The van der Waals surface area contributed by atoms with Crippen LogP contribution in [0.3, 0.4) is 0 Å². The van der Waals surface area contributed by atoms with Gasteiger partial charge in [-0.15, -0.1) is 0 Å². The van der Waals surface area contributed by atoms with Crippen molar-refractivity contribution in [3.63, 3.8) is 0 Å². The van der Waals surface area contributed by atoms with Crippen molar-refractivity contribution in [1.29, 1.82) is 0 Å². The van der Waals surface area contributed by atoms with E-state index in [9.17, 15) is 9.59 Å². The van der Waals surface area contributed by atoms with Gasteiger partial charge in [-0.05, 0) is 37.1 Å². The minimum absolute atomic E-state index is 0.00846. The van der Waals surface area contributed by atoms with Gasteiger partial charge in [0.1, 0.15) is 0 Å². The van der Waals surface area contributed by atoms with E-state index in [0.717, 1.165) is 52.2 Å². The molecule has 25 heavy (non-hydrogen) atoms. The minimum atomic E-state index is -0.00846. The van der Waals surface area contributed by atoms with Gasteiger partial charge in [0.05, 0.1) is 0 Å². The molecule has 1 amide bonds. The van der Waals surface area contributed by atoms with Crippen LogP contribution < -0.4 is 0 Å². The van der Waals surface area contributed by atoms with Crippen LogP contribution in [0.2, 0.25) is 5.02 Å². The Kier molecular flexibility index (Phi) is 6.45. The van der Waals surface area contributed by atoms with E-state index < -0.39 is 0 Å². The maximum absolute atomic E-state index is 12.4. The first kappa shape index (κ1) is 18.4. The Balaban J connectivity index is 1.41. The van der Waals surface area contributed by atoms with Crippen molar-refractivity contribution in [3.05, 3.63) is 34.9 Å². The number of carbonyl (C=O) groups is 2. The van der Waals surface area contributed by atoms with Gasteiger partial charge in [-0.1, -0.05) is 11.6 Å². The molecule has 1 aromatic rings. The van der Waals surface area contributed by atoms with E-state index in [1.165, 1.54) is 0 Å². The summed E-state index contributed by atoms with van der Waals surface area (Å²) in [5, 5.41) is 0.607. The van der Waals surface area contributed by atoms with Gasteiger partial charge in [0.15, 0.2) is 5.78 Å². The molecule has 0 bridgehead atoms. The smallest absolute Gasteiger partial charge is 0.223 e. The lowest BCUT2D eigenvalue weighted by atomic mass is 10.0. The molecule has 0 aliphatic carbocycles. The topological polar surface area (TPSA) is 49.9 Å². The van der Waals surface area contributed by atoms with E-state index >= 15 is 0 Å². The van der Waals surface area contributed by atoms with Crippen LogP contribution >= 0.6 is 11.6 Å². The first-order valence-electron chi connectivity index (χ1n) is 9.02. The van der Waals surface area contributed by atoms with Crippen molar-refractivity contribution in [2.24, 2.45) is 0 Å². The van der Waals surface area contributed by atoms with Crippen molar-refractivity contribution < 1.29 is 14.3 Å². The molecule has 0 spiro atoms. The number of benzene rings is 1. The summed E-state index contributed by atoms with van der Waals surface area (Å²) in [6.07, 6.45) is 2.70. The zero-order valence-corrected chi connectivity index (χ0v) is 15.2. The van der Waals surface area contributed by atoms with Crippen molar-refractivity contribution in [3.8, 4) is 0 Å². The number of nitrogens with zero attached hydrogens (tertiary/aromatic N) is 2. The van der Waals surface area contributed by atoms with Crippen molar-refractivity contribution >= 4 is 23.3 Å². The third-order valence-corrected chi connectivity index (χ3v) is 5.36. The molecule has 0 saturated carbocycles. The molecule has 1 aromatic carbocycles. The zero-order valence-electron chi connectivity index (χ0n) is 14.5. The fraction of sp³-hybridized carbons (Fsp3) is 0.579. The van der Waals surface area contributed by atoms with E-state index in [1.807, 2.05) is 4.90 Å². The first-order chi connectivity index (χ1) is 12.1. The van der Waals surface area contributed by atoms with Gasteiger partial charge >= 0.3 is 0 Å². The maximum Gasteiger partial charge on any atom is 0.223 e. The highest BCUT2D eigenvalue weighted by Crippen LogP contribution is 2.17. The highest BCUT2D eigenvalue weighted by Gasteiger charge is 2.27. The van der Waals surface area contributed by atoms with Crippen LogP contribution in [-0.2, 0) is 9.53 Å². The summed E-state index contributed by atoms with van der Waals surface area (Å²) in [4.78, 5) is 28.9. The number of carbonyl (C=O) groups excluding carboxylic acids is 2. The molecule has 3 rings (SSSR count). The average Bonchev–Trinajstić information content (AvgIpc) is 2.67. The van der Waals surface area contributed by atoms with E-state index in [4.69, 9.17) is 16.3 Å². The Labute approximate surface area is 153 Å². The maximum atomic E-state index is 12.4. The number of hydrogen-bond donors (Lipinski definition) is 0. The lowest BCUT2D eigenvalue weighted by Crippen LogP contribution is -2.53. The second kappa shape index (κ2) is 8.79. The summed E-state index contributed by atoms with van der Waals surface area (Å²) in [5.74, 6) is 0.0693. The SMILES string of the molecule is O=C(CCC(=O)N1CCN(C2CCOCC2)CC1)c1ccc(Cl)cc1. The van der Waals surface area contributed by atoms with Crippen LogP contribution in [0.4, 0.5) is 0 Å². The normalized spacial score (nSPS) is 19.8. The van der Waals surface area contributed by atoms with Crippen LogP contribution in [0.5, 0.6) is 0 Å². The van der Waals surface area contributed by atoms with Crippen molar-refractivity contribution in [2.75, 3.05) is 39.4 Å². The number of halogens is 1. The van der Waals surface area contributed by atoms with Crippen LogP contribution in [0, 0.1) is 0 Å². The second-order valence-electron chi connectivity index (χ2n) is 6.69. The second-order valence-corrected chi connectivity index (χ2v) is 7.13. The summed E-state index contributed by atoms with van der Waals surface area (Å²) in [7, 11) is 0. The van der Waals surface area contributed by atoms with Gasteiger partial charge in [0, 0.05) is 68.9 Å². The predicted octanol–water partition coefficient (Wildman–Crippen LogP) is 2.63. The van der Waals surface area contributed by atoms with E-state index in [1.54, 1.807) is 24.3 Å². The van der Waals surface area contributed by atoms with Gasteiger partial charge in [0.25, 0.3) is 0 Å².